The molecule has 0 fully saturated rings. The van der Waals surface area contributed by atoms with Crippen LogP contribution < -0.4 is 5.32 Å². The topological polar surface area (TPSA) is 12.0 Å². The van der Waals surface area contributed by atoms with Crippen molar-refractivity contribution in [2.24, 2.45) is 0 Å². The summed E-state index contributed by atoms with van der Waals surface area (Å²) in [5, 5.41) is 5.22. The van der Waals surface area contributed by atoms with Gasteiger partial charge in [0.05, 0.1) is 0 Å². The molecule has 0 aromatic heterocycles. The highest BCUT2D eigenvalue weighted by Gasteiger charge is 2.21. The molecule has 0 heterocycles. The zero-order valence-electron chi connectivity index (χ0n) is 10.5. The molecule has 2 aromatic carbocycles. The quantitative estimate of drug-likeness (QED) is 0.859. The molecule has 19 heavy (non-hydrogen) atoms. The molecule has 1 atom stereocenters. The lowest BCUT2D eigenvalue weighted by Crippen LogP contribution is -2.18. The first-order valence-corrected chi connectivity index (χ1v) is 7.24. The Bertz CT molecular complexity index is 578. The van der Waals surface area contributed by atoms with Gasteiger partial charge in [-0.25, -0.2) is 0 Å². The summed E-state index contributed by atoms with van der Waals surface area (Å²) < 4.78 is 0. The van der Waals surface area contributed by atoms with Crippen molar-refractivity contribution in [1.82, 2.24) is 5.32 Å². The van der Waals surface area contributed by atoms with Crippen LogP contribution in [-0.4, -0.2) is 0 Å². The first-order chi connectivity index (χ1) is 9.22. The third-order valence-corrected chi connectivity index (χ3v) is 4.14. The third-order valence-electron chi connectivity index (χ3n) is 3.65. The highest BCUT2D eigenvalue weighted by atomic mass is 35.5. The van der Waals surface area contributed by atoms with Crippen LogP contribution in [-0.2, 0) is 13.0 Å². The average molecular weight is 292 g/mol. The monoisotopic (exact) mass is 291 g/mol. The molecule has 1 N–H and O–H groups in total. The smallest absolute Gasteiger partial charge is 0.0408 e. The van der Waals surface area contributed by atoms with Crippen LogP contribution in [0.1, 0.15) is 29.2 Å². The number of nitrogens with one attached hydrogen (secondary N) is 1. The van der Waals surface area contributed by atoms with Crippen LogP contribution in [0.5, 0.6) is 0 Å². The minimum absolute atomic E-state index is 0.433. The normalized spacial score (nSPS) is 17.5. The fourth-order valence-corrected chi connectivity index (χ4v) is 2.96. The highest BCUT2D eigenvalue weighted by Crippen LogP contribution is 2.33. The van der Waals surface area contributed by atoms with E-state index in [-0.39, 0.29) is 0 Å². The number of rotatable bonds is 3. The molecule has 0 saturated carbocycles. The molecular weight excluding hydrogens is 277 g/mol. The number of hydrogen-bond donors (Lipinski definition) is 1. The summed E-state index contributed by atoms with van der Waals surface area (Å²) in [5.41, 5.74) is 4.02. The van der Waals surface area contributed by atoms with E-state index in [1.54, 1.807) is 0 Å². The number of aryl methyl sites for hydroxylation is 1. The Labute approximate surface area is 123 Å². The Morgan fingerprint density at radius 2 is 1.74 bits per heavy atom. The van der Waals surface area contributed by atoms with Crippen LogP contribution in [0.25, 0.3) is 0 Å². The lowest BCUT2D eigenvalue weighted by Gasteiger charge is -2.14. The van der Waals surface area contributed by atoms with Crippen molar-refractivity contribution in [1.29, 1.82) is 0 Å². The van der Waals surface area contributed by atoms with Crippen molar-refractivity contribution < 1.29 is 0 Å². The molecule has 3 heteroatoms. The van der Waals surface area contributed by atoms with E-state index < -0.39 is 0 Å². The molecule has 0 aliphatic heterocycles. The number of hydrogen-bond acceptors (Lipinski definition) is 1. The Kier molecular flexibility index (Phi) is 3.79. The summed E-state index contributed by atoms with van der Waals surface area (Å²) >= 11 is 11.9. The number of halogens is 2. The van der Waals surface area contributed by atoms with Gasteiger partial charge in [-0.2, -0.15) is 0 Å². The van der Waals surface area contributed by atoms with Gasteiger partial charge in [-0.15, -0.1) is 0 Å². The van der Waals surface area contributed by atoms with E-state index in [1.807, 2.05) is 18.2 Å². The molecule has 0 saturated heterocycles. The molecule has 98 valence electrons. The second-order valence-electron chi connectivity index (χ2n) is 4.94. The van der Waals surface area contributed by atoms with Gasteiger partial charge in [0.2, 0.25) is 0 Å². The van der Waals surface area contributed by atoms with Crippen molar-refractivity contribution in [3.63, 3.8) is 0 Å². The van der Waals surface area contributed by atoms with Gasteiger partial charge in [0.15, 0.2) is 0 Å². The fourth-order valence-electron chi connectivity index (χ4n) is 2.64. The highest BCUT2D eigenvalue weighted by molar-refractivity contribution is 6.30. The van der Waals surface area contributed by atoms with Crippen LogP contribution in [0.3, 0.4) is 0 Å². The summed E-state index contributed by atoms with van der Waals surface area (Å²) in [6, 6.07) is 14.6. The molecule has 3 rings (SSSR count). The minimum atomic E-state index is 0.433. The van der Waals surface area contributed by atoms with Crippen LogP contribution in [0.15, 0.2) is 42.5 Å². The van der Waals surface area contributed by atoms with Crippen molar-refractivity contribution >= 4 is 23.2 Å². The third kappa shape index (κ3) is 2.94. The van der Waals surface area contributed by atoms with E-state index in [4.69, 9.17) is 23.2 Å². The summed E-state index contributed by atoms with van der Waals surface area (Å²) in [4.78, 5) is 0. The number of benzene rings is 2. The standard InChI is InChI=1S/C16H15Cl2N/c17-13-4-1-11(2-5-13)10-19-16-8-3-12-9-14(18)6-7-15(12)16/h1-2,4-7,9,16,19H,3,8,10H2. The summed E-state index contributed by atoms with van der Waals surface area (Å²) in [6.07, 6.45) is 2.25. The number of fused-ring (bicyclic) bond motifs is 1. The van der Waals surface area contributed by atoms with Gasteiger partial charge in [-0.05, 0) is 53.8 Å². The zero-order chi connectivity index (χ0) is 13.2. The predicted molar refractivity (Wildman–Crippen MR) is 80.8 cm³/mol. The van der Waals surface area contributed by atoms with Gasteiger partial charge < -0.3 is 5.32 Å². The van der Waals surface area contributed by atoms with E-state index in [1.165, 1.54) is 16.7 Å². The molecule has 0 amide bonds. The summed E-state index contributed by atoms with van der Waals surface area (Å²) in [6.45, 7) is 0.865. The van der Waals surface area contributed by atoms with Gasteiger partial charge in [-0.3, -0.25) is 0 Å². The maximum absolute atomic E-state index is 6.03. The average Bonchev–Trinajstić information content (AvgIpc) is 2.80. The zero-order valence-corrected chi connectivity index (χ0v) is 12.0. The largest absolute Gasteiger partial charge is 0.306 e. The van der Waals surface area contributed by atoms with Gasteiger partial charge in [0.1, 0.15) is 0 Å². The maximum atomic E-state index is 6.03. The van der Waals surface area contributed by atoms with Crippen molar-refractivity contribution in [3.05, 3.63) is 69.2 Å². The summed E-state index contributed by atoms with van der Waals surface area (Å²) in [7, 11) is 0. The molecule has 1 aliphatic carbocycles. The maximum Gasteiger partial charge on any atom is 0.0408 e. The molecule has 2 aromatic rings. The first-order valence-electron chi connectivity index (χ1n) is 6.48. The van der Waals surface area contributed by atoms with E-state index in [0.717, 1.165) is 29.4 Å². The van der Waals surface area contributed by atoms with Crippen LogP contribution in [0.2, 0.25) is 10.0 Å². The molecular formula is C16H15Cl2N. The molecule has 0 radical (unpaired) electrons. The van der Waals surface area contributed by atoms with Crippen LogP contribution >= 0.6 is 23.2 Å². The predicted octanol–water partition coefficient (Wildman–Crippen LogP) is 4.77. The van der Waals surface area contributed by atoms with E-state index in [2.05, 4.69) is 29.6 Å². The molecule has 1 nitrogen and oxygen atoms in total. The van der Waals surface area contributed by atoms with Crippen LogP contribution in [0.4, 0.5) is 0 Å². The first kappa shape index (κ1) is 13.0. The molecule has 0 bridgehead atoms. The van der Waals surface area contributed by atoms with Gasteiger partial charge in [0.25, 0.3) is 0 Å². The van der Waals surface area contributed by atoms with Crippen molar-refractivity contribution in [3.8, 4) is 0 Å². The van der Waals surface area contributed by atoms with E-state index >= 15 is 0 Å². The Morgan fingerprint density at radius 1 is 1.00 bits per heavy atom. The van der Waals surface area contributed by atoms with Gasteiger partial charge in [-0.1, -0.05) is 41.4 Å². The van der Waals surface area contributed by atoms with Crippen molar-refractivity contribution in [2.45, 2.75) is 25.4 Å². The van der Waals surface area contributed by atoms with E-state index in [9.17, 15) is 0 Å². The molecule has 1 aliphatic rings. The summed E-state index contributed by atoms with van der Waals surface area (Å²) in [5.74, 6) is 0. The fraction of sp³-hybridized carbons (Fsp3) is 0.250. The van der Waals surface area contributed by atoms with Gasteiger partial charge in [0, 0.05) is 22.6 Å². The second-order valence-corrected chi connectivity index (χ2v) is 5.81. The van der Waals surface area contributed by atoms with E-state index in [0.29, 0.717) is 6.04 Å². The van der Waals surface area contributed by atoms with Crippen LogP contribution in [0, 0.1) is 0 Å². The van der Waals surface area contributed by atoms with Gasteiger partial charge >= 0.3 is 0 Å². The SMILES string of the molecule is Clc1ccc(CNC2CCc3cc(Cl)ccc32)cc1. The lowest BCUT2D eigenvalue weighted by atomic mass is 10.1. The second kappa shape index (κ2) is 5.54. The lowest BCUT2D eigenvalue weighted by molar-refractivity contribution is 0.530. The minimum Gasteiger partial charge on any atom is -0.306 e. The Balaban J connectivity index is 1.68. The molecule has 0 spiro atoms. The molecule has 1 unspecified atom stereocenters. The Hall–Kier alpha value is -1.02. The Morgan fingerprint density at radius 3 is 2.53 bits per heavy atom. The van der Waals surface area contributed by atoms with Crippen molar-refractivity contribution in [2.75, 3.05) is 0 Å².